The second-order valence-electron chi connectivity index (χ2n) is 1.90. The molecule has 0 heterocycles. The van der Waals surface area contributed by atoms with Crippen LogP contribution in [0.4, 0.5) is 0 Å². The van der Waals surface area contributed by atoms with Crippen molar-refractivity contribution in [1.82, 2.24) is 0 Å². The first-order valence-electron chi connectivity index (χ1n) is 2.65. The van der Waals surface area contributed by atoms with E-state index in [1.54, 1.807) is 0 Å². The van der Waals surface area contributed by atoms with Crippen molar-refractivity contribution >= 4 is 58.0 Å². The molecule has 0 unspecified atom stereocenters. The third-order valence-corrected chi connectivity index (χ3v) is 3.41. The molecular weight excluding hydrogens is 265 g/mol. The van der Waals surface area contributed by atoms with Gasteiger partial charge in [-0.2, -0.15) is 0 Å². The maximum absolute atomic E-state index is 11.1. The third-order valence-electron chi connectivity index (χ3n) is 1.17. The second kappa shape index (κ2) is 3.69. The molecule has 1 radical (unpaired) electrons. The Balaban J connectivity index is 3.60. The van der Waals surface area contributed by atoms with Crippen LogP contribution >= 0.6 is 58.0 Å². The monoisotopic (exact) mass is 263 g/mol. The van der Waals surface area contributed by atoms with E-state index in [0.29, 0.717) is 0 Å². The van der Waals surface area contributed by atoms with Gasteiger partial charge in [0.05, 0.1) is 15.1 Å². The molecule has 0 fully saturated rings. The molecule has 1 nitrogen and oxygen atoms in total. The van der Waals surface area contributed by atoms with Gasteiger partial charge in [-0.1, -0.05) is 58.0 Å². The average Bonchev–Trinajstić information content (AvgIpc) is 2.08. The van der Waals surface area contributed by atoms with E-state index in [9.17, 15) is 5.11 Å². The van der Waals surface area contributed by atoms with Crippen LogP contribution in [0.15, 0.2) is 0 Å². The Morgan fingerprint density at radius 1 is 0.583 bits per heavy atom. The van der Waals surface area contributed by atoms with Gasteiger partial charge < -0.3 is 0 Å². The molecular formula is C6Cl5O. The van der Waals surface area contributed by atoms with Crippen LogP contribution < -0.4 is 0 Å². The highest BCUT2D eigenvalue weighted by Crippen LogP contribution is 2.47. The van der Waals surface area contributed by atoms with Gasteiger partial charge in [0.15, 0.2) is 0 Å². The van der Waals surface area contributed by atoms with Crippen molar-refractivity contribution in [3.8, 4) is 5.75 Å². The van der Waals surface area contributed by atoms with Crippen LogP contribution in [0.25, 0.3) is 0 Å². The van der Waals surface area contributed by atoms with E-state index in [-0.39, 0.29) is 25.1 Å². The number of benzene rings is 1. The standard InChI is InChI=1S/C6Cl5O/c7-1-2(8)4(10)6(12)5(11)3(1)9. The molecule has 0 N–H and O–H groups in total. The van der Waals surface area contributed by atoms with Gasteiger partial charge in [-0.3, -0.25) is 5.11 Å². The maximum atomic E-state index is 11.1. The highest BCUT2D eigenvalue weighted by Gasteiger charge is 2.19. The summed E-state index contributed by atoms with van der Waals surface area (Å²) in [6, 6.07) is 0. The van der Waals surface area contributed by atoms with E-state index in [4.69, 9.17) is 58.0 Å². The Morgan fingerprint density at radius 2 is 0.833 bits per heavy atom. The fourth-order valence-corrected chi connectivity index (χ4v) is 1.71. The summed E-state index contributed by atoms with van der Waals surface area (Å²) in [6.07, 6.45) is 0. The number of halogens is 5. The Hall–Kier alpha value is 0.470. The molecule has 0 saturated carbocycles. The fraction of sp³-hybridized carbons (Fsp3) is 0. The molecule has 0 aliphatic heterocycles. The van der Waals surface area contributed by atoms with Crippen LogP contribution in [-0.2, 0) is 5.11 Å². The Morgan fingerprint density at radius 3 is 1.17 bits per heavy atom. The minimum atomic E-state index is -0.613. The average molecular weight is 265 g/mol. The van der Waals surface area contributed by atoms with Crippen molar-refractivity contribution in [1.29, 1.82) is 0 Å². The van der Waals surface area contributed by atoms with Gasteiger partial charge in [0.1, 0.15) is 10.0 Å². The Bertz CT molecular complexity index is 230. The number of hydrogen-bond donors (Lipinski definition) is 0. The normalized spacial score (nSPS) is 10.4. The largest absolute Gasteiger partial charge is 0.286 e. The van der Waals surface area contributed by atoms with Crippen molar-refractivity contribution in [3.05, 3.63) is 25.1 Å². The molecule has 1 aromatic rings. The summed E-state index contributed by atoms with van der Waals surface area (Å²) in [7, 11) is 0. The molecule has 0 spiro atoms. The van der Waals surface area contributed by atoms with E-state index in [2.05, 4.69) is 0 Å². The van der Waals surface area contributed by atoms with Gasteiger partial charge in [-0.25, -0.2) is 0 Å². The molecule has 0 amide bonds. The van der Waals surface area contributed by atoms with Gasteiger partial charge in [0.25, 0.3) is 0 Å². The van der Waals surface area contributed by atoms with Crippen molar-refractivity contribution in [3.63, 3.8) is 0 Å². The lowest BCUT2D eigenvalue weighted by molar-refractivity contribution is 0.355. The molecule has 1 aromatic carbocycles. The summed E-state index contributed by atoms with van der Waals surface area (Å²) >= 11 is 27.7. The summed E-state index contributed by atoms with van der Waals surface area (Å²) < 4.78 is 0. The van der Waals surface area contributed by atoms with Crippen molar-refractivity contribution in [2.75, 3.05) is 0 Å². The first kappa shape index (κ1) is 10.6. The molecule has 0 aliphatic rings. The van der Waals surface area contributed by atoms with Crippen LogP contribution in [0, 0.1) is 0 Å². The second-order valence-corrected chi connectivity index (χ2v) is 3.79. The van der Waals surface area contributed by atoms with Crippen molar-refractivity contribution in [2.24, 2.45) is 0 Å². The van der Waals surface area contributed by atoms with Gasteiger partial charge >= 0.3 is 0 Å². The lowest BCUT2D eigenvalue weighted by Gasteiger charge is -2.04. The van der Waals surface area contributed by atoms with E-state index < -0.39 is 5.75 Å². The zero-order valence-electron chi connectivity index (χ0n) is 5.30. The van der Waals surface area contributed by atoms with E-state index in [0.717, 1.165) is 0 Å². The molecule has 12 heavy (non-hydrogen) atoms. The third kappa shape index (κ3) is 1.57. The zero-order valence-corrected chi connectivity index (χ0v) is 9.08. The Kier molecular flexibility index (Phi) is 3.24. The minimum absolute atomic E-state index is 0.00654. The van der Waals surface area contributed by atoms with Gasteiger partial charge in [-0.05, 0) is 0 Å². The molecule has 0 bridgehead atoms. The number of rotatable bonds is 0. The van der Waals surface area contributed by atoms with Gasteiger partial charge in [0, 0.05) is 0 Å². The van der Waals surface area contributed by atoms with Crippen molar-refractivity contribution < 1.29 is 5.11 Å². The predicted molar refractivity (Wildman–Crippen MR) is 51.6 cm³/mol. The van der Waals surface area contributed by atoms with Crippen LogP contribution in [0.3, 0.4) is 0 Å². The highest BCUT2D eigenvalue weighted by atomic mass is 35.5. The number of hydrogen-bond acceptors (Lipinski definition) is 0. The molecule has 6 heteroatoms. The lowest BCUT2D eigenvalue weighted by atomic mass is 10.3. The highest BCUT2D eigenvalue weighted by molar-refractivity contribution is 6.55. The summed E-state index contributed by atoms with van der Waals surface area (Å²) in [6.45, 7) is 0. The van der Waals surface area contributed by atoms with Crippen LogP contribution in [0.1, 0.15) is 0 Å². The molecule has 65 valence electrons. The van der Waals surface area contributed by atoms with Gasteiger partial charge in [0.2, 0.25) is 5.75 Å². The fourth-order valence-electron chi connectivity index (χ4n) is 0.585. The van der Waals surface area contributed by atoms with Crippen molar-refractivity contribution in [2.45, 2.75) is 0 Å². The van der Waals surface area contributed by atoms with Gasteiger partial charge in [-0.15, -0.1) is 0 Å². The van der Waals surface area contributed by atoms with Crippen LogP contribution in [-0.4, -0.2) is 0 Å². The van der Waals surface area contributed by atoms with Crippen LogP contribution in [0.5, 0.6) is 5.75 Å². The molecule has 0 aliphatic carbocycles. The van der Waals surface area contributed by atoms with E-state index in [1.807, 2.05) is 0 Å². The molecule has 0 saturated heterocycles. The Labute approximate surface area is 93.7 Å². The van der Waals surface area contributed by atoms with Crippen LogP contribution in [0.2, 0.25) is 25.1 Å². The first-order chi connectivity index (χ1) is 5.46. The molecule has 0 atom stereocenters. The maximum Gasteiger partial charge on any atom is 0.218 e. The zero-order chi connectivity index (χ0) is 9.46. The first-order valence-corrected chi connectivity index (χ1v) is 4.54. The summed E-state index contributed by atoms with van der Waals surface area (Å²) in [5.41, 5.74) is 0. The minimum Gasteiger partial charge on any atom is -0.286 e. The van der Waals surface area contributed by atoms with E-state index in [1.165, 1.54) is 0 Å². The SMILES string of the molecule is [O]c1c(Cl)c(Cl)c(Cl)c(Cl)c1Cl. The lowest BCUT2D eigenvalue weighted by Crippen LogP contribution is -1.78. The summed E-state index contributed by atoms with van der Waals surface area (Å²) in [4.78, 5) is 0. The van der Waals surface area contributed by atoms with E-state index >= 15 is 0 Å². The summed E-state index contributed by atoms with van der Waals surface area (Å²) in [5.74, 6) is -0.613. The molecule has 0 aromatic heterocycles. The predicted octanol–water partition coefficient (Wildman–Crippen LogP) is 5.10. The molecule has 1 rings (SSSR count). The summed E-state index contributed by atoms with van der Waals surface area (Å²) in [5, 5.41) is 10.5. The topological polar surface area (TPSA) is 19.9 Å². The smallest absolute Gasteiger partial charge is 0.218 e. The quantitative estimate of drug-likeness (QED) is 0.459.